The van der Waals surface area contributed by atoms with Gasteiger partial charge in [-0.1, -0.05) is 36.8 Å². The second-order valence-electron chi connectivity index (χ2n) is 9.85. The van der Waals surface area contributed by atoms with Crippen LogP contribution in [0.2, 0.25) is 0 Å². The summed E-state index contributed by atoms with van der Waals surface area (Å²) in [6, 6.07) is 4.69. The number of ether oxygens (including phenoxy) is 2. The van der Waals surface area contributed by atoms with Gasteiger partial charge in [-0.2, -0.15) is 0 Å². The first-order valence-electron chi connectivity index (χ1n) is 12.3. The number of benzene rings is 1. The number of esters is 1. The number of aliphatic hydroxyl groups excluding tert-OH is 2. The van der Waals surface area contributed by atoms with Crippen LogP contribution in [0.1, 0.15) is 72.3 Å². The van der Waals surface area contributed by atoms with Crippen LogP contribution in [-0.2, 0) is 16.0 Å². The summed E-state index contributed by atoms with van der Waals surface area (Å²) in [6.07, 6.45) is 8.22. The van der Waals surface area contributed by atoms with Crippen molar-refractivity contribution in [3.05, 3.63) is 59.7 Å². The largest absolute Gasteiger partial charge is 0.508 e. The normalized spacial score (nSPS) is 15.9. The molecule has 0 spiro atoms. The molecule has 0 saturated heterocycles. The zero-order valence-electron chi connectivity index (χ0n) is 22.2. The van der Waals surface area contributed by atoms with Crippen molar-refractivity contribution in [3.63, 3.8) is 0 Å². The summed E-state index contributed by atoms with van der Waals surface area (Å²) in [4.78, 5) is 11.8. The molecule has 0 fully saturated rings. The van der Waals surface area contributed by atoms with Gasteiger partial charge in [0, 0.05) is 5.56 Å². The molecule has 4 unspecified atom stereocenters. The number of hydrogen-bond acceptors (Lipinski definition) is 6. The van der Waals surface area contributed by atoms with Gasteiger partial charge in [0.1, 0.15) is 17.1 Å². The predicted molar refractivity (Wildman–Crippen MR) is 141 cm³/mol. The van der Waals surface area contributed by atoms with Crippen molar-refractivity contribution in [3.8, 4) is 11.5 Å². The maximum Gasteiger partial charge on any atom is 0.310 e. The van der Waals surface area contributed by atoms with Gasteiger partial charge in [-0.25, -0.2) is 0 Å². The first-order valence-corrected chi connectivity index (χ1v) is 12.3. The first-order chi connectivity index (χ1) is 16.4. The Labute approximate surface area is 211 Å². The Morgan fingerprint density at radius 2 is 1.91 bits per heavy atom. The molecule has 0 heterocycles. The number of aromatic hydroxyl groups is 1. The van der Waals surface area contributed by atoms with E-state index in [-0.39, 0.29) is 18.1 Å². The molecule has 0 aliphatic carbocycles. The van der Waals surface area contributed by atoms with Gasteiger partial charge in [0.25, 0.3) is 0 Å². The Kier molecular flexibility index (Phi) is 12.8. The van der Waals surface area contributed by atoms with Gasteiger partial charge < -0.3 is 24.8 Å². The molecular weight excluding hydrogens is 444 g/mol. The molecule has 4 atom stereocenters. The van der Waals surface area contributed by atoms with E-state index in [1.807, 2.05) is 27.7 Å². The molecule has 0 radical (unpaired) electrons. The van der Waals surface area contributed by atoms with E-state index in [1.54, 1.807) is 18.2 Å². The third kappa shape index (κ3) is 11.1. The minimum atomic E-state index is -0.829. The molecule has 1 rings (SSSR count). The molecule has 0 amide bonds. The van der Waals surface area contributed by atoms with E-state index in [0.717, 1.165) is 31.3 Å². The zero-order chi connectivity index (χ0) is 26.6. The summed E-state index contributed by atoms with van der Waals surface area (Å²) >= 11 is 0. The van der Waals surface area contributed by atoms with E-state index in [1.165, 1.54) is 24.8 Å². The Morgan fingerprint density at radius 3 is 2.51 bits per heavy atom. The van der Waals surface area contributed by atoms with Crippen LogP contribution in [0.3, 0.4) is 0 Å². The summed E-state index contributed by atoms with van der Waals surface area (Å²) in [7, 11) is 1.32. The standard InChI is InChI=1S/C29H44O6/c1-8-29(6,35-26-15-14-24(30)18-23(26)19-27(32)34-7)16-10-12-21(4)11-9-13-22(5)28(33)25(31)17-20(2)3/h8,12,14-15,17-18,22,25,28,30-31,33H,1,9-11,13,16,19H2,2-7H3. The fraction of sp³-hybridized carbons (Fsp3) is 0.552. The number of carbonyl (C=O) groups excluding carboxylic acids is 1. The molecule has 1 aromatic rings. The number of hydrogen-bond donors (Lipinski definition) is 3. The van der Waals surface area contributed by atoms with Gasteiger partial charge in [0.15, 0.2) is 0 Å². The smallest absolute Gasteiger partial charge is 0.310 e. The van der Waals surface area contributed by atoms with Gasteiger partial charge in [-0.05, 0) is 90.0 Å². The number of rotatable bonds is 15. The highest BCUT2D eigenvalue weighted by molar-refractivity contribution is 5.73. The third-order valence-electron chi connectivity index (χ3n) is 6.18. The van der Waals surface area contributed by atoms with Crippen molar-refractivity contribution in [2.24, 2.45) is 5.92 Å². The topological polar surface area (TPSA) is 96.2 Å². The lowest BCUT2D eigenvalue weighted by molar-refractivity contribution is -0.139. The van der Waals surface area contributed by atoms with E-state index < -0.39 is 23.8 Å². The first kappa shape index (κ1) is 30.5. The fourth-order valence-corrected chi connectivity index (χ4v) is 3.83. The van der Waals surface area contributed by atoms with Gasteiger partial charge in [-0.15, -0.1) is 0 Å². The monoisotopic (exact) mass is 488 g/mol. The van der Waals surface area contributed by atoms with Gasteiger partial charge in [0.2, 0.25) is 0 Å². The lowest BCUT2D eigenvalue weighted by Gasteiger charge is -2.28. The van der Waals surface area contributed by atoms with Crippen LogP contribution < -0.4 is 4.74 Å². The fourth-order valence-electron chi connectivity index (χ4n) is 3.83. The molecule has 0 aliphatic heterocycles. The molecule has 0 aromatic heterocycles. The van der Waals surface area contributed by atoms with E-state index in [4.69, 9.17) is 9.47 Å². The number of phenols is 1. The zero-order valence-corrected chi connectivity index (χ0v) is 22.2. The number of phenolic OH excluding ortho intramolecular Hbond substituents is 1. The Morgan fingerprint density at radius 1 is 1.23 bits per heavy atom. The molecule has 1 aromatic carbocycles. The van der Waals surface area contributed by atoms with Gasteiger partial charge in [0.05, 0.1) is 25.7 Å². The van der Waals surface area contributed by atoms with Crippen molar-refractivity contribution >= 4 is 5.97 Å². The van der Waals surface area contributed by atoms with E-state index in [2.05, 4.69) is 19.6 Å². The molecular formula is C29H44O6. The van der Waals surface area contributed by atoms with Crippen molar-refractivity contribution in [1.29, 1.82) is 0 Å². The van der Waals surface area contributed by atoms with Crippen LogP contribution in [0, 0.1) is 5.92 Å². The van der Waals surface area contributed by atoms with Crippen LogP contribution >= 0.6 is 0 Å². The summed E-state index contributed by atoms with van der Waals surface area (Å²) in [5.41, 5.74) is 2.16. The quantitative estimate of drug-likeness (QED) is 0.218. The Balaban J connectivity index is 2.64. The minimum Gasteiger partial charge on any atom is -0.508 e. The molecule has 0 aliphatic rings. The van der Waals surface area contributed by atoms with Gasteiger partial charge in [-0.3, -0.25) is 4.79 Å². The summed E-state index contributed by atoms with van der Waals surface area (Å²) in [5, 5.41) is 30.2. The maximum atomic E-state index is 11.8. The number of allylic oxidation sites excluding steroid dienone is 3. The minimum absolute atomic E-state index is 0.00491. The molecule has 3 N–H and O–H groups in total. The highest BCUT2D eigenvalue weighted by atomic mass is 16.5. The van der Waals surface area contributed by atoms with Crippen molar-refractivity contribution in [2.75, 3.05) is 7.11 Å². The maximum absolute atomic E-state index is 11.8. The van der Waals surface area contributed by atoms with Crippen molar-refractivity contribution in [1.82, 2.24) is 0 Å². The Bertz CT molecular complexity index is 883. The summed E-state index contributed by atoms with van der Waals surface area (Å²) in [6.45, 7) is 13.8. The van der Waals surface area contributed by atoms with E-state index >= 15 is 0 Å². The van der Waals surface area contributed by atoms with E-state index in [9.17, 15) is 20.1 Å². The molecule has 0 saturated carbocycles. The number of aliphatic hydroxyl groups is 2. The lowest BCUT2D eigenvalue weighted by Crippen LogP contribution is -2.30. The molecule has 6 nitrogen and oxygen atoms in total. The second kappa shape index (κ2) is 14.7. The van der Waals surface area contributed by atoms with Crippen LogP contribution in [0.4, 0.5) is 0 Å². The second-order valence-corrected chi connectivity index (χ2v) is 9.85. The number of carbonyl (C=O) groups is 1. The third-order valence-corrected chi connectivity index (χ3v) is 6.18. The van der Waals surface area contributed by atoms with Crippen molar-refractivity contribution in [2.45, 2.75) is 91.0 Å². The highest BCUT2D eigenvalue weighted by Crippen LogP contribution is 2.30. The summed E-state index contributed by atoms with van der Waals surface area (Å²) in [5.74, 6) is 0.172. The van der Waals surface area contributed by atoms with Crippen LogP contribution in [0.25, 0.3) is 0 Å². The average molecular weight is 489 g/mol. The van der Waals surface area contributed by atoms with Crippen LogP contribution in [0.5, 0.6) is 11.5 Å². The summed E-state index contributed by atoms with van der Waals surface area (Å²) < 4.78 is 11.0. The predicted octanol–water partition coefficient (Wildman–Crippen LogP) is 5.65. The molecule has 0 bridgehead atoms. The molecule has 35 heavy (non-hydrogen) atoms. The lowest BCUT2D eigenvalue weighted by atomic mass is 9.92. The molecule has 196 valence electrons. The van der Waals surface area contributed by atoms with Crippen molar-refractivity contribution < 1.29 is 29.6 Å². The van der Waals surface area contributed by atoms with Gasteiger partial charge >= 0.3 is 5.97 Å². The van der Waals surface area contributed by atoms with E-state index in [0.29, 0.717) is 17.7 Å². The van der Waals surface area contributed by atoms with Crippen LogP contribution in [0.15, 0.2) is 54.2 Å². The highest BCUT2D eigenvalue weighted by Gasteiger charge is 2.24. The number of methoxy groups -OCH3 is 1. The molecule has 6 heteroatoms. The average Bonchev–Trinajstić information content (AvgIpc) is 2.79. The van der Waals surface area contributed by atoms with Crippen LogP contribution in [-0.4, -0.2) is 46.2 Å². The Hall–Kier alpha value is -2.57. The SMILES string of the molecule is C=CC(C)(CCC=C(C)CCCC(C)C(O)C(O)C=C(C)C)Oc1ccc(O)cc1CC(=O)OC.